The van der Waals surface area contributed by atoms with Crippen LogP contribution in [0.25, 0.3) is 10.2 Å². The zero-order valence-corrected chi connectivity index (χ0v) is 13.8. The third kappa shape index (κ3) is 2.87. The number of fused-ring (bicyclic) bond motifs is 1. The second-order valence-electron chi connectivity index (χ2n) is 4.99. The number of anilines is 2. The van der Waals surface area contributed by atoms with Crippen LogP contribution in [0.2, 0.25) is 5.02 Å². The molecule has 108 valence electrons. The van der Waals surface area contributed by atoms with Gasteiger partial charge in [0.2, 0.25) is 0 Å². The molecule has 0 unspecified atom stereocenters. The Balaban J connectivity index is 2.11. The van der Waals surface area contributed by atoms with Gasteiger partial charge in [-0.05, 0) is 44.0 Å². The van der Waals surface area contributed by atoms with E-state index in [0.29, 0.717) is 5.02 Å². The van der Waals surface area contributed by atoms with Gasteiger partial charge in [-0.3, -0.25) is 0 Å². The monoisotopic (exact) mass is 317 g/mol. The van der Waals surface area contributed by atoms with Gasteiger partial charge < -0.3 is 5.32 Å². The number of nitrogens with zero attached hydrogens (tertiary/aromatic N) is 2. The zero-order valence-electron chi connectivity index (χ0n) is 12.2. The van der Waals surface area contributed by atoms with E-state index in [1.165, 1.54) is 4.88 Å². The first-order valence-electron chi connectivity index (χ1n) is 6.87. The summed E-state index contributed by atoms with van der Waals surface area (Å²) in [6.07, 6.45) is 1.01. The summed E-state index contributed by atoms with van der Waals surface area (Å²) >= 11 is 7.81. The summed E-state index contributed by atoms with van der Waals surface area (Å²) in [5.41, 5.74) is 2.11. The minimum absolute atomic E-state index is 0.713. The minimum atomic E-state index is 0.713. The van der Waals surface area contributed by atoms with E-state index in [2.05, 4.69) is 35.2 Å². The molecule has 1 N–H and O–H groups in total. The predicted octanol–water partition coefficient (Wildman–Crippen LogP) is 5.27. The van der Waals surface area contributed by atoms with E-state index in [-0.39, 0.29) is 0 Å². The van der Waals surface area contributed by atoms with Gasteiger partial charge in [0.25, 0.3) is 0 Å². The summed E-state index contributed by atoms with van der Waals surface area (Å²) in [7, 11) is 0. The minimum Gasteiger partial charge on any atom is -0.339 e. The molecule has 0 amide bonds. The quantitative estimate of drug-likeness (QED) is 0.715. The molecule has 0 saturated carbocycles. The highest BCUT2D eigenvalue weighted by atomic mass is 35.5. The van der Waals surface area contributed by atoms with Crippen molar-refractivity contribution in [2.45, 2.75) is 27.2 Å². The van der Waals surface area contributed by atoms with Crippen molar-refractivity contribution in [3.63, 3.8) is 0 Å². The van der Waals surface area contributed by atoms with Crippen molar-refractivity contribution in [1.29, 1.82) is 0 Å². The number of hydrogen-bond acceptors (Lipinski definition) is 4. The van der Waals surface area contributed by atoms with Crippen molar-refractivity contribution in [3.8, 4) is 0 Å². The normalized spacial score (nSPS) is 11.0. The van der Waals surface area contributed by atoms with Crippen LogP contribution < -0.4 is 5.32 Å². The zero-order chi connectivity index (χ0) is 15.0. The van der Waals surface area contributed by atoms with E-state index < -0.39 is 0 Å². The number of nitrogens with one attached hydrogen (secondary N) is 1. The molecule has 3 rings (SSSR count). The van der Waals surface area contributed by atoms with Gasteiger partial charge in [0.05, 0.1) is 5.39 Å². The van der Waals surface area contributed by atoms with Gasteiger partial charge >= 0.3 is 0 Å². The molecule has 1 aromatic carbocycles. The van der Waals surface area contributed by atoms with Gasteiger partial charge in [0.15, 0.2) is 0 Å². The molecule has 0 aliphatic carbocycles. The Morgan fingerprint density at radius 2 is 2.00 bits per heavy atom. The maximum absolute atomic E-state index is 6.09. The Labute approximate surface area is 133 Å². The van der Waals surface area contributed by atoms with Gasteiger partial charge in [0, 0.05) is 15.6 Å². The van der Waals surface area contributed by atoms with E-state index in [1.54, 1.807) is 11.3 Å². The molecule has 0 fully saturated rings. The molecule has 0 aliphatic heterocycles. The van der Waals surface area contributed by atoms with Crippen LogP contribution in [0.3, 0.4) is 0 Å². The molecule has 0 radical (unpaired) electrons. The van der Waals surface area contributed by atoms with Crippen LogP contribution in [0.1, 0.15) is 23.2 Å². The van der Waals surface area contributed by atoms with Crippen molar-refractivity contribution in [2.75, 3.05) is 5.32 Å². The highest BCUT2D eigenvalue weighted by molar-refractivity contribution is 7.18. The molecular weight excluding hydrogens is 302 g/mol. The molecule has 0 bridgehead atoms. The molecule has 0 spiro atoms. The van der Waals surface area contributed by atoms with Crippen LogP contribution in [-0.2, 0) is 6.42 Å². The molecule has 0 aliphatic rings. The first-order valence-corrected chi connectivity index (χ1v) is 8.06. The predicted molar refractivity (Wildman–Crippen MR) is 91.0 cm³/mol. The van der Waals surface area contributed by atoms with E-state index in [0.717, 1.165) is 39.5 Å². The van der Waals surface area contributed by atoms with Gasteiger partial charge in [-0.15, -0.1) is 11.3 Å². The second-order valence-corrected chi connectivity index (χ2v) is 6.54. The summed E-state index contributed by atoms with van der Waals surface area (Å²) in [5, 5.41) is 5.19. The van der Waals surface area contributed by atoms with Crippen molar-refractivity contribution in [1.82, 2.24) is 9.97 Å². The summed E-state index contributed by atoms with van der Waals surface area (Å²) in [5.74, 6) is 1.62. The summed E-state index contributed by atoms with van der Waals surface area (Å²) < 4.78 is 0. The molecule has 5 heteroatoms. The lowest BCUT2D eigenvalue weighted by molar-refractivity contribution is 1.10. The van der Waals surface area contributed by atoms with Crippen LogP contribution >= 0.6 is 22.9 Å². The molecule has 3 aromatic rings. The summed E-state index contributed by atoms with van der Waals surface area (Å²) in [6.45, 7) is 6.12. The first kappa shape index (κ1) is 14.3. The lowest BCUT2D eigenvalue weighted by Gasteiger charge is -2.10. The van der Waals surface area contributed by atoms with Crippen molar-refractivity contribution in [3.05, 3.63) is 45.6 Å². The average Bonchev–Trinajstić information content (AvgIpc) is 2.86. The topological polar surface area (TPSA) is 37.8 Å². The molecule has 0 atom stereocenters. The molecule has 2 aromatic heterocycles. The average molecular weight is 318 g/mol. The van der Waals surface area contributed by atoms with Crippen LogP contribution in [0, 0.1) is 13.8 Å². The number of halogens is 1. The SMILES string of the molecule is CCc1cc2c(Nc3cc(Cl)ccc3C)nc(C)nc2s1. The lowest BCUT2D eigenvalue weighted by Crippen LogP contribution is -1.99. The molecular formula is C16H16ClN3S. The van der Waals surface area contributed by atoms with Crippen LogP contribution in [0.5, 0.6) is 0 Å². The number of benzene rings is 1. The smallest absolute Gasteiger partial charge is 0.142 e. The van der Waals surface area contributed by atoms with Gasteiger partial charge in [-0.25, -0.2) is 9.97 Å². The fraction of sp³-hybridized carbons (Fsp3) is 0.250. The lowest BCUT2D eigenvalue weighted by atomic mass is 10.2. The standard InChI is InChI=1S/C16H16ClN3S/c1-4-12-8-13-15(18-10(3)19-16(13)21-12)20-14-7-11(17)6-5-9(14)2/h5-8H,4H2,1-3H3,(H,18,19,20). The van der Waals surface area contributed by atoms with Gasteiger partial charge in [0.1, 0.15) is 16.5 Å². The van der Waals surface area contributed by atoms with Crippen LogP contribution in [-0.4, -0.2) is 9.97 Å². The molecule has 21 heavy (non-hydrogen) atoms. The number of thiophene rings is 1. The highest BCUT2D eigenvalue weighted by Crippen LogP contribution is 2.32. The first-order chi connectivity index (χ1) is 10.1. The van der Waals surface area contributed by atoms with Crippen LogP contribution in [0.4, 0.5) is 11.5 Å². The van der Waals surface area contributed by atoms with Crippen LogP contribution in [0.15, 0.2) is 24.3 Å². The Kier molecular flexibility index (Phi) is 3.83. The maximum atomic E-state index is 6.09. The summed E-state index contributed by atoms with van der Waals surface area (Å²) in [4.78, 5) is 11.4. The van der Waals surface area contributed by atoms with Gasteiger partial charge in [-0.2, -0.15) is 0 Å². The number of aromatic nitrogens is 2. The summed E-state index contributed by atoms with van der Waals surface area (Å²) in [6, 6.07) is 7.98. The van der Waals surface area contributed by atoms with E-state index in [4.69, 9.17) is 11.6 Å². The fourth-order valence-electron chi connectivity index (χ4n) is 2.20. The number of rotatable bonds is 3. The van der Waals surface area contributed by atoms with Crippen molar-refractivity contribution >= 4 is 44.7 Å². The Morgan fingerprint density at radius 1 is 1.19 bits per heavy atom. The fourth-order valence-corrected chi connectivity index (χ4v) is 3.39. The second kappa shape index (κ2) is 5.62. The van der Waals surface area contributed by atoms with E-state index >= 15 is 0 Å². The third-order valence-corrected chi connectivity index (χ3v) is 4.77. The van der Waals surface area contributed by atoms with E-state index in [1.807, 2.05) is 25.1 Å². The Bertz CT molecular complexity index is 811. The maximum Gasteiger partial charge on any atom is 0.142 e. The number of hydrogen-bond donors (Lipinski definition) is 1. The molecule has 0 saturated heterocycles. The van der Waals surface area contributed by atoms with Crippen molar-refractivity contribution < 1.29 is 0 Å². The van der Waals surface area contributed by atoms with E-state index in [9.17, 15) is 0 Å². The van der Waals surface area contributed by atoms with Gasteiger partial charge in [-0.1, -0.05) is 24.6 Å². The largest absolute Gasteiger partial charge is 0.339 e. The molecule has 3 nitrogen and oxygen atoms in total. The highest BCUT2D eigenvalue weighted by Gasteiger charge is 2.11. The van der Waals surface area contributed by atoms with Crippen molar-refractivity contribution in [2.24, 2.45) is 0 Å². The third-order valence-electron chi connectivity index (χ3n) is 3.36. The Hall–Kier alpha value is -1.65. The molecule has 2 heterocycles. The Morgan fingerprint density at radius 3 is 2.76 bits per heavy atom. The number of aryl methyl sites for hydroxylation is 3.